The lowest BCUT2D eigenvalue weighted by Gasteiger charge is -2.35. The van der Waals surface area contributed by atoms with E-state index < -0.39 is 35.6 Å². The molecule has 0 saturated carbocycles. The number of hydrogen-bond donors (Lipinski definition) is 2. The lowest BCUT2D eigenvalue weighted by Crippen LogP contribution is -2.42. The van der Waals surface area contributed by atoms with E-state index in [1.165, 1.54) is 45.4 Å². The predicted octanol–water partition coefficient (Wildman–Crippen LogP) is 4.99. The Bertz CT molecular complexity index is 1450. The van der Waals surface area contributed by atoms with E-state index in [4.69, 9.17) is 21.1 Å². The number of ether oxygens (including phenoxy) is 2. The highest BCUT2D eigenvalue weighted by molar-refractivity contribution is 6.30. The molecule has 0 saturated heterocycles. The first kappa shape index (κ1) is 31.0. The van der Waals surface area contributed by atoms with Gasteiger partial charge in [0, 0.05) is 41.8 Å². The van der Waals surface area contributed by atoms with Crippen LogP contribution in [0, 0.1) is 11.6 Å². The Morgan fingerprint density at radius 3 is 2.48 bits per heavy atom. The first-order valence-electron chi connectivity index (χ1n) is 13.3. The summed E-state index contributed by atoms with van der Waals surface area (Å²) in [4.78, 5) is 18.8. The van der Waals surface area contributed by atoms with E-state index in [0.717, 1.165) is 6.07 Å². The molecule has 0 unspecified atom stereocenters. The fourth-order valence-electron chi connectivity index (χ4n) is 4.45. The van der Waals surface area contributed by atoms with Gasteiger partial charge in [0.2, 0.25) is 0 Å². The Kier molecular flexibility index (Phi) is 10.2. The number of carbonyl (C=O) groups is 1. The molecular formula is C28H32ClF2N7O4. The van der Waals surface area contributed by atoms with Crippen LogP contribution in [-0.2, 0) is 21.6 Å². The number of urea groups is 1. The zero-order valence-corrected chi connectivity index (χ0v) is 24.1. The third-order valence-electron chi connectivity index (χ3n) is 6.63. The second-order valence-corrected chi connectivity index (χ2v) is 9.82. The van der Waals surface area contributed by atoms with Gasteiger partial charge < -0.3 is 19.9 Å². The Morgan fingerprint density at radius 2 is 1.86 bits per heavy atom. The monoisotopic (exact) mass is 603 g/mol. The molecule has 0 spiro atoms. The molecule has 14 heteroatoms. The van der Waals surface area contributed by atoms with Gasteiger partial charge in [0.05, 0.1) is 31.0 Å². The molecular weight excluding hydrogens is 572 g/mol. The van der Waals surface area contributed by atoms with Crippen molar-refractivity contribution in [1.82, 2.24) is 24.5 Å². The highest BCUT2D eigenvalue weighted by Crippen LogP contribution is 2.37. The van der Waals surface area contributed by atoms with Gasteiger partial charge in [-0.1, -0.05) is 17.7 Å². The number of benzene rings is 2. The fourth-order valence-corrected chi connectivity index (χ4v) is 4.57. The van der Waals surface area contributed by atoms with Crippen molar-refractivity contribution in [3.05, 3.63) is 89.7 Å². The largest absolute Gasteiger partial charge is 0.381 e. The van der Waals surface area contributed by atoms with Gasteiger partial charge in [-0.05, 0) is 51.1 Å². The van der Waals surface area contributed by atoms with E-state index >= 15 is 4.39 Å². The van der Waals surface area contributed by atoms with Gasteiger partial charge in [0.25, 0.3) is 0 Å². The zero-order valence-electron chi connectivity index (χ0n) is 23.3. The smallest absolute Gasteiger partial charge is 0.326 e. The molecule has 0 radical (unpaired) electrons. The lowest BCUT2D eigenvalue weighted by atomic mass is 9.86. The average Bonchev–Trinajstić information content (AvgIpc) is 3.65. The second kappa shape index (κ2) is 13.8. The number of aliphatic hydroxyl groups is 1. The summed E-state index contributed by atoms with van der Waals surface area (Å²) in [6.07, 6.45) is 4.88. The number of nitrogens with zero attached hydrogens (tertiary/aromatic N) is 6. The van der Waals surface area contributed by atoms with E-state index in [-0.39, 0.29) is 18.7 Å². The van der Waals surface area contributed by atoms with Crippen LogP contribution in [-0.4, -0.2) is 61.7 Å². The van der Waals surface area contributed by atoms with Crippen LogP contribution < -0.4 is 10.2 Å². The molecule has 2 heterocycles. The van der Waals surface area contributed by atoms with Crippen LogP contribution in [0.5, 0.6) is 0 Å². The van der Waals surface area contributed by atoms with E-state index in [2.05, 4.69) is 20.5 Å². The summed E-state index contributed by atoms with van der Waals surface area (Å²) >= 11 is 5.98. The van der Waals surface area contributed by atoms with Crippen LogP contribution >= 0.6 is 11.6 Å². The second-order valence-electron chi connectivity index (χ2n) is 9.38. The van der Waals surface area contributed by atoms with Crippen LogP contribution in [0.3, 0.4) is 0 Å². The van der Waals surface area contributed by atoms with Crippen molar-refractivity contribution >= 4 is 29.0 Å². The van der Waals surface area contributed by atoms with Crippen molar-refractivity contribution in [3.63, 3.8) is 0 Å². The zero-order chi connectivity index (χ0) is 30.3. The molecule has 4 rings (SSSR count). The first-order valence-corrected chi connectivity index (χ1v) is 13.6. The van der Waals surface area contributed by atoms with Gasteiger partial charge in [-0.25, -0.2) is 23.2 Å². The van der Waals surface area contributed by atoms with Crippen LogP contribution in [0.4, 0.5) is 25.0 Å². The van der Waals surface area contributed by atoms with Gasteiger partial charge in [-0.3, -0.25) is 9.58 Å². The molecule has 2 N–H and O–H groups in total. The highest BCUT2D eigenvalue weighted by Gasteiger charge is 2.41. The predicted molar refractivity (Wildman–Crippen MR) is 152 cm³/mol. The van der Waals surface area contributed by atoms with Crippen molar-refractivity contribution < 1.29 is 28.2 Å². The molecule has 0 bridgehead atoms. The van der Waals surface area contributed by atoms with Gasteiger partial charge in [-0.2, -0.15) is 10.2 Å². The fraction of sp³-hybridized carbons (Fsp3) is 0.357. The first-order chi connectivity index (χ1) is 20.1. The maximum Gasteiger partial charge on any atom is 0.326 e. The normalized spacial score (nSPS) is 13.6. The number of aromatic nitrogens is 5. The molecule has 4 aromatic rings. The summed E-state index contributed by atoms with van der Waals surface area (Å²) in [5.41, 5.74) is -1.26. The van der Waals surface area contributed by atoms with Crippen LogP contribution in [0.15, 0.2) is 67.5 Å². The van der Waals surface area contributed by atoms with Gasteiger partial charge in [0.1, 0.15) is 29.9 Å². The number of amides is 2. The highest BCUT2D eigenvalue weighted by atomic mass is 35.5. The minimum absolute atomic E-state index is 0.0109. The molecule has 0 fully saturated rings. The summed E-state index contributed by atoms with van der Waals surface area (Å²) in [7, 11) is 0. The lowest BCUT2D eigenvalue weighted by molar-refractivity contribution is -0.128. The van der Waals surface area contributed by atoms with Crippen molar-refractivity contribution in [2.24, 2.45) is 0 Å². The van der Waals surface area contributed by atoms with Crippen molar-refractivity contribution in [2.75, 3.05) is 30.0 Å². The molecule has 0 aliphatic heterocycles. The summed E-state index contributed by atoms with van der Waals surface area (Å²) in [5, 5.41) is 23.7. The quantitative estimate of drug-likeness (QED) is 0.207. The Morgan fingerprint density at radius 1 is 1.14 bits per heavy atom. The Hall–Kier alpha value is -3.91. The summed E-state index contributed by atoms with van der Waals surface area (Å²) in [5.74, 6) is -1.72. The molecule has 2 aromatic heterocycles. The molecule has 11 nitrogen and oxygen atoms in total. The van der Waals surface area contributed by atoms with Crippen LogP contribution in [0.1, 0.15) is 32.4 Å². The maximum absolute atomic E-state index is 15.0. The van der Waals surface area contributed by atoms with Gasteiger partial charge in [-0.15, -0.1) is 0 Å². The minimum Gasteiger partial charge on any atom is -0.381 e. The number of nitrogens with one attached hydrogen (secondary N) is 1. The molecule has 2 aromatic carbocycles. The van der Waals surface area contributed by atoms with E-state index in [0.29, 0.717) is 35.7 Å². The summed E-state index contributed by atoms with van der Waals surface area (Å²) < 4.78 is 42.9. The van der Waals surface area contributed by atoms with Crippen LogP contribution in [0.25, 0.3) is 0 Å². The maximum atomic E-state index is 15.0. The third kappa shape index (κ3) is 7.29. The molecule has 224 valence electrons. The molecule has 0 aliphatic rings. The summed E-state index contributed by atoms with van der Waals surface area (Å²) in [6.45, 7) is 5.75. The van der Waals surface area contributed by atoms with E-state index in [1.54, 1.807) is 31.2 Å². The molecule has 2 amide bonds. The van der Waals surface area contributed by atoms with Crippen LogP contribution in [0.2, 0.25) is 5.02 Å². The number of rotatable bonds is 13. The Labute approximate surface area is 246 Å². The number of hydrogen-bond acceptors (Lipinski definition) is 7. The van der Waals surface area contributed by atoms with E-state index in [1.807, 2.05) is 13.8 Å². The standard InChI is InChI=1S/C28H32ClF2N7O4/c1-4-41-26(42-5-2)15-37(27(39)35-22-9-6-20(29)7-10-22)23-13-33-38(14-23)19(3)28(40,16-36-18-32-17-34-36)24-11-8-21(30)12-25(24)31/h6-14,17-19,26,40H,4-5,15-16H2,1-3H3,(H,35,39)/t19-,28-/m1/s1. The van der Waals surface area contributed by atoms with Crippen molar-refractivity contribution in [1.29, 1.82) is 0 Å². The van der Waals surface area contributed by atoms with Crippen molar-refractivity contribution in [2.45, 2.75) is 45.2 Å². The topological polar surface area (TPSA) is 120 Å². The minimum atomic E-state index is -1.95. The molecule has 2 atom stereocenters. The number of anilines is 2. The number of carbonyl (C=O) groups excluding carboxylic acids is 1. The summed E-state index contributed by atoms with van der Waals surface area (Å²) in [6, 6.07) is 8.14. The van der Waals surface area contributed by atoms with Crippen molar-refractivity contribution in [3.8, 4) is 0 Å². The SMILES string of the molecule is CCOC(CN(C(=O)Nc1ccc(Cl)cc1)c1cnn([C@H](C)[C@](O)(Cn2cncn2)c2ccc(F)cc2F)c1)OCC. The van der Waals surface area contributed by atoms with Gasteiger partial charge in [0.15, 0.2) is 6.29 Å². The molecule has 0 aliphatic carbocycles. The van der Waals surface area contributed by atoms with E-state index in [9.17, 15) is 14.3 Å². The average molecular weight is 604 g/mol. The number of halogens is 3. The third-order valence-corrected chi connectivity index (χ3v) is 6.88. The Balaban J connectivity index is 1.69. The molecule has 42 heavy (non-hydrogen) atoms. The van der Waals surface area contributed by atoms with Gasteiger partial charge >= 0.3 is 6.03 Å².